The maximum absolute atomic E-state index is 13.3. The zero-order valence-electron chi connectivity index (χ0n) is 19.2. The highest BCUT2D eigenvalue weighted by atomic mass is 16.2. The first-order chi connectivity index (χ1) is 16.0. The summed E-state index contributed by atoms with van der Waals surface area (Å²) >= 11 is 0. The van der Waals surface area contributed by atoms with Crippen LogP contribution >= 0.6 is 0 Å². The summed E-state index contributed by atoms with van der Waals surface area (Å²) in [5.41, 5.74) is 4.79. The molecule has 2 unspecified atom stereocenters. The number of carbonyl (C=O) groups excluding carboxylic acids is 3. The minimum Gasteiger partial charge on any atom is -0.368 e. The molecule has 2 heterocycles. The molecule has 6 nitrogen and oxygen atoms in total. The van der Waals surface area contributed by atoms with Gasteiger partial charge in [-0.3, -0.25) is 19.3 Å². The van der Waals surface area contributed by atoms with E-state index in [2.05, 4.69) is 36.9 Å². The molecule has 2 aromatic rings. The highest BCUT2D eigenvalue weighted by molar-refractivity contribution is 6.22. The maximum atomic E-state index is 13.3. The van der Waals surface area contributed by atoms with E-state index in [1.807, 2.05) is 17.1 Å². The molecular weight excluding hydrogens is 414 g/mol. The minimum atomic E-state index is -0.278. The van der Waals surface area contributed by atoms with Gasteiger partial charge in [-0.25, -0.2) is 0 Å². The van der Waals surface area contributed by atoms with E-state index in [-0.39, 0.29) is 29.6 Å². The Kier molecular flexibility index (Phi) is 5.52. The summed E-state index contributed by atoms with van der Waals surface area (Å²) in [7, 11) is 0. The van der Waals surface area contributed by atoms with Crippen molar-refractivity contribution < 1.29 is 14.4 Å². The summed E-state index contributed by atoms with van der Waals surface area (Å²) < 4.78 is 0. The second-order valence-corrected chi connectivity index (χ2v) is 9.22. The number of nitrogens with zero attached hydrogens (tertiary/aromatic N) is 3. The fourth-order valence-electron chi connectivity index (χ4n) is 5.24. The zero-order valence-corrected chi connectivity index (χ0v) is 19.2. The third kappa shape index (κ3) is 3.73. The molecule has 0 aromatic heterocycles. The molecule has 3 amide bonds. The lowest BCUT2D eigenvalue weighted by molar-refractivity contribution is -0.122. The predicted molar refractivity (Wildman–Crippen MR) is 128 cm³/mol. The molecule has 0 saturated carbocycles. The van der Waals surface area contributed by atoms with Gasteiger partial charge in [0.15, 0.2) is 0 Å². The van der Waals surface area contributed by atoms with Crippen LogP contribution in [0.3, 0.4) is 0 Å². The van der Waals surface area contributed by atoms with E-state index >= 15 is 0 Å². The highest BCUT2D eigenvalue weighted by Crippen LogP contribution is 2.38. The fraction of sp³-hybridized carbons (Fsp3) is 0.370. The van der Waals surface area contributed by atoms with Gasteiger partial charge in [-0.1, -0.05) is 30.4 Å². The number of fused-ring (bicyclic) bond motifs is 1. The quantitative estimate of drug-likeness (QED) is 0.536. The highest BCUT2D eigenvalue weighted by Gasteiger charge is 2.47. The number of aryl methyl sites for hydroxylation is 1. The number of piperazine rings is 1. The molecule has 0 bridgehead atoms. The summed E-state index contributed by atoms with van der Waals surface area (Å²) in [6.07, 6.45) is 5.17. The number of hydrogen-bond donors (Lipinski definition) is 0. The molecule has 2 aromatic carbocycles. The molecule has 170 valence electrons. The van der Waals surface area contributed by atoms with Crippen molar-refractivity contribution in [3.05, 3.63) is 71.3 Å². The molecule has 2 aliphatic heterocycles. The number of amides is 3. The summed E-state index contributed by atoms with van der Waals surface area (Å²) in [4.78, 5) is 44.6. The third-order valence-electron chi connectivity index (χ3n) is 7.34. The molecular formula is C27H29N3O3. The first kappa shape index (κ1) is 21.4. The number of imide groups is 1. The second-order valence-electron chi connectivity index (χ2n) is 9.22. The van der Waals surface area contributed by atoms with Crippen LogP contribution in [0.5, 0.6) is 0 Å². The second kappa shape index (κ2) is 8.50. The molecule has 0 radical (unpaired) electrons. The number of anilines is 2. The first-order valence-electron chi connectivity index (χ1n) is 11.7. The number of carbonyl (C=O) groups is 3. The average molecular weight is 444 g/mol. The molecule has 33 heavy (non-hydrogen) atoms. The van der Waals surface area contributed by atoms with Gasteiger partial charge < -0.3 is 9.80 Å². The average Bonchev–Trinajstić information content (AvgIpc) is 3.10. The van der Waals surface area contributed by atoms with Gasteiger partial charge in [0, 0.05) is 37.4 Å². The van der Waals surface area contributed by atoms with E-state index in [9.17, 15) is 14.4 Å². The summed E-state index contributed by atoms with van der Waals surface area (Å²) in [5, 5.41) is 0. The summed E-state index contributed by atoms with van der Waals surface area (Å²) in [6, 6.07) is 13.3. The molecule has 0 spiro atoms. The Balaban J connectivity index is 1.30. The predicted octanol–water partition coefficient (Wildman–Crippen LogP) is 3.72. The van der Waals surface area contributed by atoms with Crippen LogP contribution in [0.2, 0.25) is 0 Å². The van der Waals surface area contributed by atoms with Gasteiger partial charge in [-0.2, -0.15) is 0 Å². The topological polar surface area (TPSA) is 60.9 Å². The van der Waals surface area contributed by atoms with Crippen molar-refractivity contribution in [2.45, 2.75) is 26.7 Å². The van der Waals surface area contributed by atoms with Crippen LogP contribution in [0, 0.1) is 25.7 Å². The van der Waals surface area contributed by atoms with Crippen molar-refractivity contribution >= 4 is 29.1 Å². The van der Waals surface area contributed by atoms with Gasteiger partial charge in [-0.15, -0.1) is 0 Å². The molecule has 1 aliphatic carbocycles. The third-order valence-corrected chi connectivity index (χ3v) is 7.34. The lowest BCUT2D eigenvalue weighted by atomic mass is 9.85. The summed E-state index contributed by atoms with van der Waals surface area (Å²) in [5.74, 6) is -0.919. The fourth-order valence-corrected chi connectivity index (χ4v) is 5.24. The molecule has 6 heteroatoms. The molecule has 3 aliphatic rings. The summed E-state index contributed by atoms with van der Waals surface area (Å²) in [6.45, 7) is 7.07. The van der Waals surface area contributed by atoms with Gasteiger partial charge in [0.2, 0.25) is 11.8 Å². The van der Waals surface area contributed by atoms with Gasteiger partial charge >= 0.3 is 0 Å². The zero-order chi connectivity index (χ0) is 23.1. The number of benzene rings is 2. The number of hydrogen-bond acceptors (Lipinski definition) is 4. The lowest BCUT2D eigenvalue weighted by Crippen LogP contribution is -2.49. The van der Waals surface area contributed by atoms with Crippen LogP contribution < -0.4 is 9.80 Å². The van der Waals surface area contributed by atoms with Crippen LogP contribution in [0.4, 0.5) is 11.4 Å². The van der Waals surface area contributed by atoms with E-state index in [0.29, 0.717) is 37.2 Å². The largest absolute Gasteiger partial charge is 0.368 e. The Morgan fingerprint density at radius 3 is 2.15 bits per heavy atom. The van der Waals surface area contributed by atoms with Crippen LogP contribution in [-0.2, 0) is 9.59 Å². The van der Waals surface area contributed by atoms with E-state index in [0.717, 1.165) is 13.1 Å². The normalized spacial score (nSPS) is 22.7. The first-order valence-corrected chi connectivity index (χ1v) is 11.7. The van der Waals surface area contributed by atoms with Crippen molar-refractivity contribution in [2.75, 3.05) is 36.0 Å². The maximum Gasteiger partial charge on any atom is 0.254 e. The van der Waals surface area contributed by atoms with Crippen molar-refractivity contribution in [3.8, 4) is 0 Å². The Morgan fingerprint density at radius 1 is 0.848 bits per heavy atom. The standard InChI is InChI=1S/C27H29N3O3/c1-18-7-5-12-24(19(18)2)28-13-15-29(16-14-28)25(31)20-8-6-9-21(17-20)30-26(32)22-10-3-4-11-23(22)27(30)33/h3-9,12,17,22-23H,10-11,13-16H2,1-2H3. The van der Waals surface area contributed by atoms with Crippen molar-refractivity contribution in [2.24, 2.45) is 11.8 Å². The van der Waals surface area contributed by atoms with Gasteiger partial charge in [-0.05, 0) is 62.1 Å². The van der Waals surface area contributed by atoms with Crippen molar-refractivity contribution in [3.63, 3.8) is 0 Å². The Morgan fingerprint density at radius 2 is 1.48 bits per heavy atom. The van der Waals surface area contributed by atoms with Gasteiger partial charge in [0.25, 0.3) is 5.91 Å². The minimum absolute atomic E-state index is 0.0596. The molecule has 0 N–H and O–H groups in total. The van der Waals surface area contributed by atoms with Crippen molar-refractivity contribution in [1.82, 2.24) is 4.90 Å². The Bertz CT molecular complexity index is 1120. The van der Waals surface area contributed by atoms with Crippen LogP contribution in [-0.4, -0.2) is 48.8 Å². The molecule has 2 fully saturated rings. The van der Waals surface area contributed by atoms with Gasteiger partial charge in [0.05, 0.1) is 17.5 Å². The van der Waals surface area contributed by atoms with Crippen LogP contribution in [0.25, 0.3) is 0 Å². The lowest BCUT2D eigenvalue weighted by Gasteiger charge is -2.37. The number of rotatable bonds is 3. The molecule has 2 saturated heterocycles. The van der Waals surface area contributed by atoms with E-state index < -0.39 is 0 Å². The number of allylic oxidation sites excluding steroid dienone is 2. The smallest absolute Gasteiger partial charge is 0.254 e. The monoisotopic (exact) mass is 443 g/mol. The van der Waals surface area contributed by atoms with Crippen molar-refractivity contribution in [1.29, 1.82) is 0 Å². The molecule has 2 atom stereocenters. The van der Waals surface area contributed by atoms with E-state index in [4.69, 9.17) is 0 Å². The SMILES string of the molecule is Cc1cccc(N2CCN(C(=O)c3cccc(N4C(=O)C5CC=CCC5C4=O)c3)CC2)c1C. The van der Waals surface area contributed by atoms with Crippen LogP contribution in [0.1, 0.15) is 34.3 Å². The molecule has 5 rings (SSSR count). The Hall–Kier alpha value is -3.41. The van der Waals surface area contributed by atoms with E-state index in [1.165, 1.54) is 21.7 Å². The van der Waals surface area contributed by atoms with Crippen LogP contribution in [0.15, 0.2) is 54.6 Å². The van der Waals surface area contributed by atoms with E-state index in [1.54, 1.807) is 24.3 Å². The Labute approximate surface area is 194 Å². The van der Waals surface area contributed by atoms with Gasteiger partial charge in [0.1, 0.15) is 0 Å².